The first-order valence-corrected chi connectivity index (χ1v) is 10.3. The molecule has 170 valence electrons. The molecular formula is C22H25N3O7. The summed E-state index contributed by atoms with van der Waals surface area (Å²) in [5.41, 5.74) is -0.0206. The number of nitro benzene ring substituents is 1. The van der Waals surface area contributed by atoms with Crippen LogP contribution in [0.25, 0.3) is 0 Å². The fraction of sp³-hybridized carbons (Fsp3) is 0.364. The fourth-order valence-electron chi connectivity index (χ4n) is 3.24. The number of nitro groups is 1. The zero-order chi connectivity index (χ0) is 22.9. The first-order chi connectivity index (χ1) is 15.4. The molecule has 0 bridgehead atoms. The molecule has 1 fully saturated rings. The molecule has 1 aliphatic rings. The van der Waals surface area contributed by atoms with Crippen LogP contribution in [0.5, 0.6) is 17.2 Å². The molecule has 2 aromatic rings. The molecule has 10 heteroatoms. The van der Waals surface area contributed by atoms with Gasteiger partial charge in [-0.15, -0.1) is 0 Å². The Kier molecular flexibility index (Phi) is 7.85. The average molecular weight is 443 g/mol. The average Bonchev–Trinajstić information content (AvgIpc) is 2.80. The van der Waals surface area contributed by atoms with Gasteiger partial charge in [0.25, 0.3) is 5.69 Å². The third kappa shape index (κ3) is 6.59. The normalized spacial score (nSPS) is 13.5. The highest BCUT2D eigenvalue weighted by atomic mass is 16.6. The van der Waals surface area contributed by atoms with Crippen molar-refractivity contribution in [1.29, 1.82) is 0 Å². The van der Waals surface area contributed by atoms with Crippen LogP contribution >= 0.6 is 0 Å². The van der Waals surface area contributed by atoms with Gasteiger partial charge < -0.3 is 24.4 Å². The van der Waals surface area contributed by atoms with Crippen LogP contribution in [-0.4, -0.2) is 71.0 Å². The molecule has 0 aromatic heterocycles. The number of nitrogens with zero attached hydrogens (tertiary/aromatic N) is 3. The number of benzene rings is 2. The molecule has 0 radical (unpaired) electrons. The smallest absolute Gasteiger partial charge is 0.269 e. The predicted molar refractivity (Wildman–Crippen MR) is 115 cm³/mol. The lowest BCUT2D eigenvalue weighted by Gasteiger charge is -2.34. The van der Waals surface area contributed by atoms with Gasteiger partial charge in [-0.1, -0.05) is 0 Å². The number of piperazine rings is 1. The van der Waals surface area contributed by atoms with Crippen molar-refractivity contribution in [3.8, 4) is 17.2 Å². The zero-order valence-corrected chi connectivity index (χ0v) is 17.5. The van der Waals surface area contributed by atoms with Crippen molar-refractivity contribution in [3.05, 3.63) is 58.6 Å². The van der Waals surface area contributed by atoms with Gasteiger partial charge in [0.05, 0.1) is 31.0 Å². The van der Waals surface area contributed by atoms with E-state index < -0.39 is 4.92 Å². The zero-order valence-electron chi connectivity index (χ0n) is 17.5. The van der Waals surface area contributed by atoms with E-state index in [4.69, 9.17) is 9.47 Å². The second-order valence-corrected chi connectivity index (χ2v) is 7.20. The van der Waals surface area contributed by atoms with Gasteiger partial charge >= 0.3 is 0 Å². The number of phenolic OH excluding ortho intramolecular Hbond substituents is 1. The summed E-state index contributed by atoms with van der Waals surface area (Å²) in [5.74, 6) is 1.11. The summed E-state index contributed by atoms with van der Waals surface area (Å²) >= 11 is 0. The summed E-state index contributed by atoms with van der Waals surface area (Å²) in [6.07, 6.45) is 0.420. The number of amides is 2. The molecule has 1 N–H and O–H groups in total. The molecule has 1 saturated heterocycles. The number of carbonyl (C=O) groups is 2. The minimum atomic E-state index is -0.486. The lowest BCUT2D eigenvalue weighted by atomic mass is 10.2. The number of hydrogen-bond donors (Lipinski definition) is 1. The summed E-state index contributed by atoms with van der Waals surface area (Å²) in [7, 11) is 0. The van der Waals surface area contributed by atoms with Crippen LogP contribution in [0.3, 0.4) is 0 Å². The van der Waals surface area contributed by atoms with E-state index in [0.717, 1.165) is 0 Å². The standard InChI is InChI=1S/C22H25N3O7/c26-18-3-7-20(8-4-18)32-16-10-22(28)24-13-11-23(12-14-24)21(27)9-15-31-19-5-1-17(2-6-19)25(29)30/h1-8,26H,9-16H2. The topological polar surface area (TPSA) is 122 Å². The van der Waals surface area contributed by atoms with Gasteiger partial charge in [0, 0.05) is 38.3 Å². The first kappa shape index (κ1) is 22.9. The maximum Gasteiger partial charge on any atom is 0.269 e. The van der Waals surface area contributed by atoms with E-state index in [2.05, 4.69) is 0 Å². The van der Waals surface area contributed by atoms with Crippen molar-refractivity contribution < 1.29 is 29.1 Å². The van der Waals surface area contributed by atoms with Gasteiger partial charge in [0.1, 0.15) is 17.2 Å². The van der Waals surface area contributed by atoms with Gasteiger partial charge in [-0.05, 0) is 36.4 Å². The predicted octanol–water partition coefficient (Wildman–Crippen LogP) is 2.21. The summed E-state index contributed by atoms with van der Waals surface area (Å²) in [5, 5.41) is 19.9. The summed E-state index contributed by atoms with van der Waals surface area (Å²) in [6.45, 7) is 2.26. The van der Waals surface area contributed by atoms with E-state index in [1.807, 2.05) is 0 Å². The summed E-state index contributed by atoms with van der Waals surface area (Å²) < 4.78 is 11.0. The molecule has 0 spiro atoms. The molecule has 10 nitrogen and oxygen atoms in total. The van der Waals surface area contributed by atoms with Gasteiger partial charge in [-0.2, -0.15) is 0 Å². The lowest BCUT2D eigenvalue weighted by Crippen LogP contribution is -2.51. The van der Waals surface area contributed by atoms with E-state index in [0.29, 0.717) is 37.7 Å². The number of ether oxygens (including phenoxy) is 2. The molecule has 0 unspecified atom stereocenters. The van der Waals surface area contributed by atoms with Gasteiger partial charge in [0.15, 0.2) is 0 Å². The van der Waals surface area contributed by atoms with Crippen LogP contribution in [0.2, 0.25) is 0 Å². The summed E-state index contributed by atoms with van der Waals surface area (Å²) in [6, 6.07) is 12.0. The molecule has 0 saturated carbocycles. The van der Waals surface area contributed by atoms with Crippen molar-refractivity contribution in [2.24, 2.45) is 0 Å². The van der Waals surface area contributed by atoms with E-state index in [-0.39, 0.29) is 49.3 Å². The Morgan fingerprint density at radius 2 is 1.22 bits per heavy atom. The van der Waals surface area contributed by atoms with Crippen LogP contribution in [0.1, 0.15) is 12.8 Å². The van der Waals surface area contributed by atoms with E-state index in [1.165, 1.54) is 36.4 Å². The highest BCUT2D eigenvalue weighted by molar-refractivity contribution is 5.78. The van der Waals surface area contributed by atoms with Crippen LogP contribution in [0, 0.1) is 10.1 Å². The monoisotopic (exact) mass is 443 g/mol. The Bertz CT molecular complexity index is 924. The Morgan fingerprint density at radius 1 is 0.812 bits per heavy atom. The molecule has 2 aromatic carbocycles. The van der Waals surface area contributed by atoms with Crippen molar-refractivity contribution in [2.75, 3.05) is 39.4 Å². The molecule has 0 atom stereocenters. The maximum atomic E-state index is 12.4. The Morgan fingerprint density at radius 3 is 1.62 bits per heavy atom. The van der Waals surface area contributed by atoms with Gasteiger partial charge in [0.2, 0.25) is 11.8 Å². The molecule has 2 amide bonds. The van der Waals surface area contributed by atoms with Crippen molar-refractivity contribution in [3.63, 3.8) is 0 Å². The second-order valence-electron chi connectivity index (χ2n) is 7.20. The minimum absolute atomic E-state index is 0.0206. The van der Waals surface area contributed by atoms with Crippen LogP contribution in [0.15, 0.2) is 48.5 Å². The minimum Gasteiger partial charge on any atom is -0.508 e. The first-order valence-electron chi connectivity index (χ1n) is 10.3. The number of aromatic hydroxyl groups is 1. The molecular weight excluding hydrogens is 418 g/mol. The second kappa shape index (κ2) is 11.0. The SMILES string of the molecule is O=C(CCOc1ccc(O)cc1)N1CCN(C(=O)CCOc2ccc([N+](=O)[O-])cc2)CC1. The molecule has 0 aliphatic carbocycles. The van der Waals surface area contributed by atoms with Crippen LogP contribution < -0.4 is 9.47 Å². The summed E-state index contributed by atoms with van der Waals surface area (Å²) in [4.78, 5) is 38.3. The number of rotatable bonds is 9. The third-order valence-corrected chi connectivity index (χ3v) is 5.04. The molecule has 3 rings (SSSR count). The van der Waals surface area contributed by atoms with E-state index in [1.54, 1.807) is 21.9 Å². The quantitative estimate of drug-likeness (QED) is 0.466. The number of non-ortho nitro benzene ring substituents is 1. The van der Waals surface area contributed by atoms with Crippen LogP contribution in [0.4, 0.5) is 5.69 Å². The number of hydrogen-bond acceptors (Lipinski definition) is 7. The molecule has 1 aliphatic heterocycles. The Balaban J connectivity index is 1.32. The lowest BCUT2D eigenvalue weighted by molar-refractivity contribution is -0.384. The van der Waals surface area contributed by atoms with E-state index in [9.17, 15) is 24.8 Å². The number of phenols is 1. The van der Waals surface area contributed by atoms with Gasteiger partial charge in [-0.25, -0.2) is 0 Å². The molecule has 1 heterocycles. The molecule has 32 heavy (non-hydrogen) atoms. The highest BCUT2D eigenvalue weighted by Gasteiger charge is 2.23. The largest absolute Gasteiger partial charge is 0.508 e. The number of carbonyl (C=O) groups excluding carboxylic acids is 2. The van der Waals surface area contributed by atoms with Crippen molar-refractivity contribution in [1.82, 2.24) is 9.80 Å². The van der Waals surface area contributed by atoms with Gasteiger partial charge in [-0.3, -0.25) is 19.7 Å². The van der Waals surface area contributed by atoms with Crippen LogP contribution in [-0.2, 0) is 9.59 Å². The Labute approximate surface area is 185 Å². The maximum absolute atomic E-state index is 12.4. The highest BCUT2D eigenvalue weighted by Crippen LogP contribution is 2.18. The third-order valence-electron chi connectivity index (χ3n) is 5.04. The van der Waals surface area contributed by atoms with E-state index >= 15 is 0 Å². The van der Waals surface area contributed by atoms with Crippen molar-refractivity contribution >= 4 is 17.5 Å². The van der Waals surface area contributed by atoms with Crippen molar-refractivity contribution in [2.45, 2.75) is 12.8 Å². The Hall–Kier alpha value is -3.82. The fourth-order valence-corrected chi connectivity index (χ4v) is 3.24.